The molecule has 0 fully saturated rings. The normalized spacial score (nSPS) is 13.2. The third kappa shape index (κ3) is 6.41. The molecule has 0 aromatic heterocycles. The number of amides is 1. The Morgan fingerprint density at radius 3 is 2.11 bits per heavy atom. The number of hydrogen-bond acceptors (Lipinski definition) is 3. The Kier molecular flexibility index (Phi) is 7.49. The fourth-order valence-electron chi connectivity index (χ4n) is 1.95. The first-order valence-electron chi connectivity index (χ1n) is 8.75. The van der Waals surface area contributed by atoms with E-state index in [-0.39, 0.29) is 17.0 Å². The molecule has 154 valence electrons. The monoisotopic (exact) mass is 413 g/mol. The Hall–Kier alpha value is -2.27. The summed E-state index contributed by atoms with van der Waals surface area (Å²) in [7, 11) is -0.682. The van der Waals surface area contributed by atoms with Gasteiger partial charge >= 0.3 is 12.1 Å². The summed E-state index contributed by atoms with van der Waals surface area (Å²) in [6, 6.07) is 2.76. The molecule has 1 rings (SSSR count). The van der Waals surface area contributed by atoms with E-state index in [1.165, 1.54) is 7.11 Å². The summed E-state index contributed by atoms with van der Waals surface area (Å²) in [6.07, 6.45) is -4.42. The van der Waals surface area contributed by atoms with Crippen molar-refractivity contribution in [3.8, 4) is 11.5 Å². The number of esters is 1. The summed E-state index contributed by atoms with van der Waals surface area (Å²) in [5.41, 5.74) is 2.41. The Balaban J connectivity index is 2.93. The fraction of sp³-hybridized carbons (Fsp3) is 0.500. The van der Waals surface area contributed by atoms with Crippen LogP contribution in [0.15, 0.2) is 24.3 Å². The van der Waals surface area contributed by atoms with Crippen molar-refractivity contribution in [1.29, 1.82) is 0 Å². The molecule has 0 saturated heterocycles. The van der Waals surface area contributed by atoms with Gasteiger partial charge in [0.05, 0.1) is 12.7 Å². The second-order valence-corrected chi connectivity index (χ2v) is 13.0. The first-order valence-corrected chi connectivity index (χ1v) is 11.7. The van der Waals surface area contributed by atoms with Crippen LogP contribution in [-0.2, 0) is 15.7 Å². The number of alkyl halides is 3. The SMILES string of the molecule is COC(=O)[C@@H](CC#C[Si](C)(C)C(C)(C)C)NC(=O)c1ccc(C(F)(F)F)cc1. The molecule has 1 N–H and O–H groups in total. The van der Waals surface area contributed by atoms with Crippen LogP contribution < -0.4 is 5.32 Å². The highest BCUT2D eigenvalue weighted by Crippen LogP contribution is 2.35. The largest absolute Gasteiger partial charge is 0.467 e. The predicted molar refractivity (Wildman–Crippen MR) is 104 cm³/mol. The van der Waals surface area contributed by atoms with Crippen LogP contribution in [-0.4, -0.2) is 33.1 Å². The number of hydrogen-bond donors (Lipinski definition) is 1. The summed E-state index contributed by atoms with van der Waals surface area (Å²) in [5, 5.41) is 2.53. The lowest BCUT2D eigenvalue weighted by molar-refractivity contribution is -0.142. The second kappa shape index (κ2) is 8.82. The van der Waals surface area contributed by atoms with E-state index >= 15 is 0 Å². The maximum absolute atomic E-state index is 12.6. The second-order valence-electron chi connectivity index (χ2n) is 8.01. The van der Waals surface area contributed by atoms with Crippen LogP contribution in [0.5, 0.6) is 0 Å². The van der Waals surface area contributed by atoms with Gasteiger partial charge in [0.15, 0.2) is 0 Å². The average molecular weight is 414 g/mol. The van der Waals surface area contributed by atoms with E-state index in [1.807, 2.05) is 0 Å². The minimum absolute atomic E-state index is 0.0132. The van der Waals surface area contributed by atoms with Crippen molar-refractivity contribution >= 4 is 20.0 Å². The molecule has 0 radical (unpaired) electrons. The lowest BCUT2D eigenvalue weighted by Gasteiger charge is -2.31. The number of carbonyl (C=O) groups is 2. The highest BCUT2D eigenvalue weighted by atomic mass is 28.3. The summed E-state index contributed by atoms with van der Waals surface area (Å²) >= 11 is 0. The Morgan fingerprint density at radius 1 is 1.14 bits per heavy atom. The zero-order valence-corrected chi connectivity index (χ0v) is 18.0. The van der Waals surface area contributed by atoms with Crippen LogP contribution >= 0.6 is 0 Å². The van der Waals surface area contributed by atoms with Gasteiger partial charge in [-0.2, -0.15) is 13.2 Å². The number of ether oxygens (including phenoxy) is 1. The van der Waals surface area contributed by atoms with Crippen molar-refractivity contribution in [3.05, 3.63) is 35.4 Å². The predicted octanol–water partition coefficient (Wildman–Crippen LogP) is 4.42. The Labute approximate surface area is 164 Å². The summed E-state index contributed by atoms with van der Waals surface area (Å²) in [5.74, 6) is 1.65. The molecule has 4 nitrogen and oxygen atoms in total. The van der Waals surface area contributed by atoms with E-state index < -0.39 is 37.7 Å². The smallest absolute Gasteiger partial charge is 0.416 e. The van der Waals surface area contributed by atoms with Crippen molar-refractivity contribution in [2.24, 2.45) is 0 Å². The van der Waals surface area contributed by atoms with Gasteiger partial charge in [-0.15, -0.1) is 11.5 Å². The van der Waals surface area contributed by atoms with Crippen molar-refractivity contribution in [3.63, 3.8) is 0 Å². The minimum Gasteiger partial charge on any atom is -0.467 e. The van der Waals surface area contributed by atoms with Gasteiger partial charge in [-0.05, 0) is 29.3 Å². The molecule has 8 heteroatoms. The van der Waals surface area contributed by atoms with E-state index in [1.54, 1.807) is 0 Å². The first kappa shape index (κ1) is 23.8. The molecule has 0 saturated carbocycles. The van der Waals surface area contributed by atoms with Crippen molar-refractivity contribution in [1.82, 2.24) is 5.32 Å². The molecule has 0 aliphatic heterocycles. The molecule has 1 atom stereocenters. The van der Waals surface area contributed by atoms with E-state index in [0.717, 1.165) is 24.3 Å². The highest BCUT2D eigenvalue weighted by molar-refractivity contribution is 6.87. The van der Waals surface area contributed by atoms with E-state index in [9.17, 15) is 22.8 Å². The number of rotatable bonds is 4. The molecule has 28 heavy (non-hydrogen) atoms. The van der Waals surface area contributed by atoms with Crippen LogP contribution in [0.1, 0.15) is 43.1 Å². The van der Waals surface area contributed by atoms with Crippen LogP contribution in [0.3, 0.4) is 0 Å². The third-order valence-corrected chi connectivity index (χ3v) is 9.40. The maximum Gasteiger partial charge on any atom is 0.416 e. The summed E-state index contributed by atoms with van der Waals surface area (Å²) in [4.78, 5) is 24.3. The number of carbonyl (C=O) groups excluding carboxylic acids is 2. The van der Waals surface area contributed by atoms with Gasteiger partial charge in [0.2, 0.25) is 0 Å². The van der Waals surface area contributed by atoms with Gasteiger partial charge in [-0.25, -0.2) is 4.79 Å². The minimum atomic E-state index is -4.48. The topological polar surface area (TPSA) is 55.4 Å². The maximum atomic E-state index is 12.6. The molecule has 0 unspecified atom stereocenters. The Bertz CT molecular complexity index is 769. The number of halogens is 3. The van der Waals surface area contributed by atoms with Crippen molar-refractivity contribution in [2.45, 2.75) is 57.5 Å². The molecular weight excluding hydrogens is 387 g/mol. The standard InChI is InChI=1S/C20H26F3NO3Si/c1-19(2,3)28(5,6)13-7-8-16(18(26)27-4)24-17(25)14-9-11-15(12-10-14)20(21,22)23/h9-12,16H,8H2,1-6H3,(H,24,25)/t16-/m1/s1. The molecule has 1 aromatic rings. The summed E-state index contributed by atoms with van der Waals surface area (Å²) < 4.78 is 42.6. The summed E-state index contributed by atoms with van der Waals surface area (Å²) in [6.45, 7) is 10.6. The molecular formula is C20H26F3NO3Si. The number of nitrogens with one attached hydrogen (secondary N) is 1. The lowest BCUT2D eigenvalue weighted by Crippen LogP contribution is -2.41. The molecule has 0 aliphatic carbocycles. The first-order chi connectivity index (χ1) is 12.7. The van der Waals surface area contributed by atoms with Gasteiger partial charge < -0.3 is 10.1 Å². The third-order valence-electron chi connectivity index (χ3n) is 4.85. The van der Waals surface area contributed by atoms with Gasteiger partial charge in [0.25, 0.3) is 5.91 Å². The molecule has 1 amide bonds. The molecule has 1 aromatic carbocycles. The van der Waals surface area contributed by atoms with E-state index in [0.29, 0.717) is 0 Å². The quantitative estimate of drug-likeness (QED) is 0.452. The van der Waals surface area contributed by atoms with Crippen LogP contribution in [0, 0.1) is 11.5 Å². The highest BCUT2D eigenvalue weighted by Gasteiger charge is 2.34. The van der Waals surface area contributed by atoms with Crippen LogP contribution in [0.2, 0.25) is 18.1 Å². The zero-order chi connectivity index (χ0) is 21.8. The fourth-order valence-corrected chi connectivity index (χ4v) is 2.87. The molecule has 0 heterocycles. The van der Waals surface area contributed by atoms with Gasteiger partial charge in [0.1, 0.15) is 14.1 Å². The van der Waals surface area contributed by atoms with Gasteiger partial charge in [-0.3, -0.25) is 4.79 Å². The lowest BCUT2D eigenvalue weighted by atomic mass is 10.1. The van der Waals surface area contributed by atoms with E-state index in [2.05, 4.69) is 50.6 Å². The van der Waals surface area contributed by atoms with E-state index in [4.69, 9.17) is 4.74 Å². The zero-order valence-electron chi connectivity index (χ0n) is 17.0. The number of methoxy groups -OCH3 is 1. The van der Waals surface area contributed by atoms with Gasteiger partial charge in [0, 0.05) is 12.0 Å². The van der Waals surface area contributed by atoms with Crippen LogP contribution in [0.4, 0.5) is 13.2 Å². The van der Waals surface area contributed by atoms with Crippen molar-refractivity contribution in [2.75, 3.05) is 7.11 Å². The Morgan fingerprint density at radius 2 is 1.68 bits per heavy atom. The molecule has 0 bridgehead atoms. The van der Waals surface area contributed by atoms with Crippen molar-refractivity contribution < 1.29 is 27.5 Å². The average Bonchev–Trinajstić information content (AvgIpc) is 2.58. The van der Waals surface area contributed by atoms with Gasteiger partial charge in [-0.1, -0.05) is 33.9 Å². The molecule has 0 spiro atoms. The van der Waals surface area contributed by atoms with Crippen LogP contribution in [0.25, 0.3) is 0 Å². The number of benzene rings is 1. The molecule has 0 aliphatic rings.